The van der Waals surface area contributed by atoms with E-state index < -0.39 is 21.6 Å². The summed E-state index contributed by atoms with van der Waals surface area (Å²) in [5, 5.41) is 3.89. The molecule has 1 aliphatic rings. The number of amides is 1. The van der Waals surface area contributed by atoms with Crippen LogP contribution in [0.4, 0.5) is 10.1 Å². The zero-order valence-electron chi connectivity index (χ0n) is 25.3. The lowest BCUT2D eigenvalue weighted by molar-refractivity contribution is -0.111. The third kappa shape index (κ3) is 8.37. The lowest BCUT2D eigenvalue weighted by Gasteiger charge is -2.26. The summed E-state index contributed by atoms with van der Waals surface area (Å²) in [4.78, 5) is 19.3. The quantitative estimate of drug-likeness (QED) is 0.136. The zero-order valence-corrected chi connectivity index (χ0v) is 26.1. The summed E-state index contributed by atoms with van der Waals surface area (Å²) in [5.41, 5.74) is 1.64. The molecule has 0 saturated carbocycles. The van der Waals surface area contributed by atoms with Crippen LogP contribution in [0.2, 0.25) is 0 Å². The molecule has 1 N–H and O–H groups in total. The van der Waals surface area contributed by atoms with Crippen molar-refractivity contribution in [2.24, 2.45) is 0 Å². The topological polar surface area (TPSA) is 107 Å². The molecule has 0 spiro atoms. The van der Waals surface area contributed by atoms with E-state index in [9.17, 15) is 13.2 Å². The minimum atomic E-state index is -3.81. The number of piperidine rings is 1. The van der Waals surface area contributed by atoms with Crippen molar-refractivity contribution in [3.63, 3.8) is 0 Å². The van der Waals surface area contributed by atoms with Crippen molar-refractivity contribution in [2.75, 3.05) is 38.7 Å². The molecule has 0 radical (unpaired) electrons. The number of ether oxygens (including phenoxy) is 3. The van der Waals surface area contributed by atoms with Crippen LogP contribution in [0.5, 0.6) is 23.0 Å². The Morgan fingerprint density at radius 1 is 0.978 bits per heavy atom. The molecule has 3 aromatic carbocycles. The number of hydrogen-bond acceptors (Lipinski definition) is 8. The van der Waals surface area contributed by atoms with Gasteiger partial charge in [0.15, 0.2) is 32.9 Å². The molecule has 0 bridgehead atoms. The van der Waals surface area contributed by atoms with Gasteiger partial charge < -0.3 is 24.4 Å². The molecular formula is C34H36FN3O6S. The molecule has 11 heteroatoms. The van der Waals surface area contributed by atoms with Crippen molar-refractivity contribution in [3.8, 4) is 23.0 Å². The van der Waals surface area contributed by atoms with Gasteiger partial charge in [-0.1, -0.05) is 24.1 Å². The number of rotatable bonds is 12. The fraction of sp³-hybridized carbons (Fsp3) is 0.294. The van der Waals surface area contributed by atoms with Gasteiger partial charge in [-0.3, -0.25) is 9.78 Å². The summed E-state index contributed by atoms with van der Waals surface area (Å²) in [6, 6.07) is 15.3. The van der Waals surface area contributed by atoms with E-state index in [0.29, 0.717) is 34.8 Å². The van der Waals surface area contributed by atoms with Crippen LogP contribution >= 0.6 is 0 Å². The summed E-state index contributed by atoms with van der Waals surface area (Å²) < 4.78 is 57.6. The number of hydrogen-bond donors (Lipinski definition) is 1. The van der Waals surface area contributed by atoms with Gasteiger partial charge in [-0.2, -0.15) is 0 Å². The van der Waals surface area contributed by atoms with E-state index >= 15 is 4.39 Å². The largest absolute Gasteiger partial charge is 0.493 e. The molecule has 4 aromatic rings. The number of pyridine rings is 1. The van der Waals surface area contributed by atoms with Crippen LogP contribution in [0.1, 0.15) is 31.2 Å². The smallest absolute Gasteiger partial charge is 0.249 e. The van der Waals surface area contributed by atoms with Crippen LogP contribution in [0.3, 0.4) is 0 Å². The second kappa shape index (κ2) is 14.5. The number of nitrogens with zero attached hydrogens (tertiary/aromatic N) is 2. The highest BCUT2D eigenvalue weighted by Crippen LogP contribution is 2.38. The van der Waals surface area contributed by atoms with Crippen molar-refractivity contribution in [1.29, 1.82) is 0 Å². The van der Waals surface area contributed by atoms with Crippen LogP contribution in [0, 0.1) is 12.7 Å². The van der Waals surface area contributed by atoms with Crippen LogP contribution < -0.4 is 19.5 Å². The first-order valence-electron chi connectivity index (χ1n) is 14.8. The summed E-state index contributed by atoms with van der Waals surface area (Å²) in [6.07, 6.45) is 7.16. The number of nitrogens with one attached hydrogen (secondary N) is 1. The van der Waals surface area contributed by atoms with E-state index in [1.54, 1.807) is 43.6 Å². The number of carbonyl (C=O) groups is 1. The van der Waals surface area contributed by atoms with Crippen molar-refractivity contribution < 1.29 is 31.8 Å². The highest BCUT2D eigenvalue weighted by atomic mass is 32.2. The van der Waals surface area contributed by atoms with Gasteiger partial charge in [0.05, 0.1) is 24.1 Å². The minimum absolute atomic E-state index is 0.0675. The van der Waals surface area contributed by atoms with Gasteiger partial charge in [-0.15, -0.1) is 0 Å². The normalized spacial score (nSPS) is 14.0. The van der Waals surface area contributed by atoms with Gasteiger partial charge in [0.25, 0.3) is 0 Å². The van der Waals surface area contributed by atoms with Gasteiger partial charge in [0, 0.05) is 47.4 Å². The first-order chi connectivity index (χ1) is 21.7. The lowest BCUT2D eigenvalue weighted by Crippen LogP contribution is -2.31. The number of aryl methyl sites for hydroxylation is 1. The number of fused-ring (bicyclic) bond motifs is 1. The van der Waals surface area contributed by atoms with Crippen molar-refractivity contribution >= 4 is 32.3 Å². The summed E-state index contributed by atoms with van der Waals surface area (Å²) in [5.74, 6) is -0.0930. The zero-order chi connectivity index (χ0) is 31.8. The molecular weight excluding hydrogens is 597 g/mol. The molecule has 0 atom stereocenters. The van der Waals surface area contributed by atoms with E-state index in [1.165, 1.54) is 43.5 Å². The minimum Gasteiger partial charge on any atom is -0.493 e. The molecule has 1 saturated heterocycles. The number of sulfone groups is 1. The average molecular weight is 634 g/mol. The van der Waals surface area contributed by atoms with E-state index in [0.717, 1.165) is 49.2 Å². The summed E-state index contributed by atoms with van der Waals surface area (Å²) in [6.45, 7) is 5.66. The molecule has 1 aliphatic heterocycles. The van der Waals surface area contributed by atoms with Crippen LogP contribution in [-0.2, 0) is 14.6 Å². The van der Waals surface area contributed by atoms with E-state index in [-0.39, 0.29) is 16.3 Å². The first kappa shape index (κ1) is 31.9. The number of carbonyl (C=O) groups excluding carboxylic acids is 1. The monoisotopic (exact) mass is 633 g/mol. The molecule has 236 valence electrons. The van der Waals surface area contributed by atoms with Gasteiger partial charge in [0.1, 0.15) is 5.75 Å². The fourth-order valence-electron chi connectivity index (χ4n) is 5.06. The maximum absolute atomic E-state index is 15.1. The Kier molecular flexibility index (Phi) is 10.3. The molecule has 9 nitrogen and oxygen atoms in total. The predicted octanol–water partition coefficient (Wildman–Crippen LogP) is 6.66. The van der Waals surface area contributed by atoms with Crippen molar-refractivity contribution in [3.05, 3.63) is 89.7 Å². The Bertz CT molecular complexity index is 1790. The third-order valence-electron chi connectivity index (χ3n) is 7.48. The SMILES string of the molecule is COc1cc2c(Oc3ccc(NC(=O)/C=C/S(=O)(=O)c4ccc(C)cc4)cc3F)ccnc2cc1OCCCN1CCCCC1. The van der Waals surface area contributed by atoms with Gasteiger partial charge in [-0.05, 0) is 75.7 Å². The Labute approximate surface area is 262 Å². The molecule has 5 rings (SSSR count). The Balaban J connectivity index is 1.23. The molecule has 0 aliphatic carbocycles. The Morgan fingerprint density at radius 2 is 1.76 bits per heavy atom. The van der Waals surface area contributed by atoms with E-state index in [1.807, 2.05) is 6.92 Å². The van der Waals surface area contributed by atoms with Gasteiger partial charge >= 0.3 is 0 Å². The number of methoxy groups -OCH3 is 1. The van der Waals surface area contributed by atoms with E-state index in [4.69, 9.17) is 14.2 Å². The molecule has 45 heavy (non-hydrogen) atoms. The fourth-order valence-corrected chi connectivity index (χ4v) is 6.04. The van der Waals surface area contributed by atoms with E-state index in [2.05, 4.69) is 15.2 Å². The van der Waals surface area contributed by atoms with Crippen LogP contribution in [0.15, 0.2) is 83.2 Å². The lowest BCUT2D eigenvalue weighted by atomic mass is 10.1. The molecule has 1 amide bonds. The highest BCUT2D eigenvalue weighted by Gasteiger charge is 2.16. The molecule has 0 unspecified atom stereocenters. The summed E-state index contributed by atoms with van der Waals surface area (Å²) in [7, 11) is -2.26. The second-order valence-corrected chi connectivity index (χ2v) is 12.7. The summed E-state index contributed by atoms with van der Waals surface area (Å²) >= 11 is 0. The number of aromatic nitrogens is 1. The molecule has 1 fully saturated rings. The number of halogens is 1. The number of benzene rings is 3. The van der Waals surface area contributed by atoms with Crippen LogP contribution in [-0.4, -0.2) is 57.6 Å². The third-order valence-corrected chi connectivity index (χ3v) is 8.90. The standard InChI is InChI=1S/C34H36FN3O6S/c1-24-7-10-26(11-8-24)45(40,41)20-14-34(39)37-25-9-12-31(28(35)21-25)44-30-13-15-36-29-23-33(32(42-2)22-27(29)30)43-19-6-18-38-16-4-3-5-17-38/h7-15,20-23H,3-6,16-19H2,1-2H3,(H,37,39)/b20-14+. The Hall–Kier alpha value is -4.48. The first-order valence-corrected chi connectivity index (χ1v) is 16.4. The molecule has 2 heterocycles. The predicted molar refractivity (Wildman–Crippen MR) is 171 cm³/mol. The van der Waals surface area contributed by atoms with Gasteiger partial charge in [-0.25, -0.2) is 12.8 Å². The maximum atomic E-state index is 15.1. The highest BCUT2D eigenvalue weighted by molar-refractivity contribution is 7.94. The molecule has 1 aromatic heterocycles. The number of likely N-dealkylation sites (tertiary alicyclic amines) is 1. The van der Waals surface area contributed by atoms with Crippen molar-refractivity contribution in [2.45, 2.75) is 37.5 Å². The average Bonchev–Trinajstić information content (AvgIpc) is 3.04. The van der Waals surface area contributed by atoms with Gasteiger partial charge in [0.2, 0.25) is 5.91 Å². The van der Waals surface area contributed by atoms with Crippen LogP contribution in [0.25, 0.3) is 10.9 Å². The number of anilines is 1. The maximum Gasteiger partial charge on any atom is 0.249 e. The van der Waals surface area contributed by atoms with Crippen molar-refractivity contribution in [1.82, 2.24) is 9.88 Å². The second-order valence-electron chi connectivity index (χ2n) is 10.8. The Morgan fingerprint density at radius 3 is 2.49 bits per heavy atom.